The Morgan fingerprint density at radius 3 is 2.47 bits per heavy atom. The molecule has 0 radical (unpaired) electrons. The molecule has 0 aliphatic carbocycles. The zero-order chi connectivity index (χ0) is 13.8. The Kier molecular flexibility index (Phi) is 4.12. The Labute approximate surface area is 110 Å². The van der Waals surface area contributed by atoms with Gasteiger partial charge in [-0.15, -0.1) is 0 Å². The molecule has 19 heavy (non-hydrogen) atoms. The highest BCUT2D eigenvalue weighted by Gasteiger charge is 2.09. The Morgan fingerprint density at radius 1 is 1.11 bits per heavy atom. The van der Waals surface area contributed by atoms with Gasteiger partial charge in [-0.3, -0.25) is 0 Å². The predicted molar refractivity (Wildman–Crippen MR) is 67.8 cm³/mol. The van der Waals surface area contributed by atoms with Crippen LogP contribution in [0.2, 0.25) is 0 Å². The molecule has 0 aliphatic heterocycles. The molecule has 2 aromatic rings. The van der Waals surface area contributed by atoms with Gasteiger partial charge in [0.25, 0.3) is 0 Å². The highest BCUT2D eigenvalue weighted by molar-refractivity contribution is 5.30. The number of hydrogen-bond acceptors (Lipinski definition) is 2. The minimum atomic E-state index is -0.874. The van der Waals surface area contributed by atoms with Gasteiger partial charge in [0.1, 0.15) is 24.0 Å². The van der Waals surface area contributed by atoms with Crippen LogP contribution in [0.1, 0.15) is 24.2 Å². The molecule has 0 bridgehead atoms. The molecule has 0 spiro atoms. The average Bonchev–Trinajstić information content (AvgIpc) is 2.37. The van der Waals surface area contributed by atoms with Gasteiger partial charge >= 0.3 is 0 Å². The van der Waals surface area contributed by atoms with Crippen LogP contribution >= 0.6 is 0 Å². The maximum absolute atomic E-state index is 13.6. The number of aliphatic hydroxyl groups is 1. The summed E-state index contributed by atoms with van der Waals surface area (Å²) in [6.07, 6.45) is -0.874. The molecule has 0 saturated heterocycles. The van der Waals surface area contributed by atoms with Crippen molar-refractivity contribution >= 4 is 0 Å². The number of halogens is 2. The summed E-state index contributed by atoms with van der Waals surface area (Å²) >= 11 is 0. The lowest BCUT2D eigenvalue weighted by molar-refractivity contribution is 0.194. The highest BCUT2D eigenvalue weighted by Crippen LogP contribution is 2.22. The summed E-state index contributed by atoms with van der Waals surface area (Å²) in [5, 5.41) is 9.31. The lowest BCUT2D eigenvalue weighted by Gasteiger charge is -2.10. The third-order valence-corrected chi connectivity index (χ3v) is 2.77. The standard InChI is InChI=1S/C15H14F2O2/c1-10(18)13-7-6-12(8-15(13)17)19-9-11-4-2-3-5-14(11)16/h2-8,10,18H,9H2,1H3/t10-/m1/s1. The normalized spacial score (nSPS) is 12.2. The van der Waals surface area contributed by atoms with Gasteiger partial charge in [0.05, 0.1) is 6.10 Å². The van der Waals surface area contributed by atoms with E-state index in [2.05, 4.69) is 0 Å². The van der Waals surface area contributed by atoms with Crippen molar-refractivity contribution in [3.63, 3.8) is 0 Å². The van der Waals surface area contributed by atoms with Gasteiger partial charge in [0.2, 0.25) is 0 Å². The summed E-state index contributed by atoms with van der Waals surface area (Å²) in [5.41, 5.74) is 0.612. The molecule has 0 aliphatic rings. The van der Waals surface area contributed by atoms with Crippen LogP contribution in [0.4, 0.5) is 8.78 Å². The third kappa shape index (κ3) is 3.29. The van der Waals surface area contributed by atoms with E-state index in [1.165, 1.54) is 25.1 Å². The first-order valence-corrected chi connectivity index (χ1v) is 5.91. The van der Waals surface area contributed by atoms with Gasteiger partial charge in [-0.1, -0.05) is 18.2 Å². The largest absolute Gasteiger partial charge is 0.489 e. The number of rotatable bonds is 4. The van der Waals surface area contributed by atoms with E-state index in [9.17, 15) is 13.9 Å². The van der Waals surface area contributed by atoms with Gasteiger partial charge in [0.15, 0.2) is 0 Å². The summed E-state index contributed by atoms with van der Waals surface area (Å²) in [4.78, 5) is 0. The van der Waals surface area contributed by atoms with Crippen molar-refractivity contribution < 1.29 is 18.6 Å². The van der Waals surface area contributed by atoms with Crippen molar-refractivity contribution in [1.29, 1.82) is 0 Å². The van der Waals surface area contributed by atoms with Crippen molar-refractivity contribution in [2.24, 2.45) is 0 Å². The smallest absolute Gasteiger partial charge is 0.132 e. The van der Waals surface area contributed by atoms with Crippen molar-refractivity contribution in [2.45, 2.75) is 19.6 Å². The molecule has 4 heteroatoms. The fraction of sp³-hybridized carbons (Fsp3) is 0.200. The predicted octanol–water partition coefficient (Wildman–Crippen LogP) is 3.60. The summed E-state index contributed by atoms with van der Waals surface area (Å²) in [6.45, 7) is 1.51. The highest BCUT2D eigenvalue weighted by atomic mass is 19.1. The molecule has 2 rings (SSSR count). The lowest BCUT2D eigenvalue weighted by atomic mass is 10.1. The fourth-order valence-corrected chi connectivity index (χ4v) is 1.71. The van der Waals surface area contributed by atoms with E-state index in [1.807, 2.05) is 0 Å². The van der Waals surface area contributed by atoms with Crippen LogP contribution in [0.5, 0.6) is 5.75 Å². The Hall–Kier alpha value is -1.94. The molecule has 0 fully saturated rings. The first-order chi connectivity index (χ1) is 9.08. The van der Waals surface area contributed by atoms with Crippen LogP contribution in [-0.4, -0.2) is 5.11 Å². The minimum Gasteiger partial charge on any atom is -0.489 e. The minimum absolute atomic E-state index is 0.0279. The van der Waals surface area contributed by atoms with E-state index < -0.39 is 11.9 Å². The fourth-order valence-electron chi connectivity index (χ4n) is 1.71. The molecule has 0 saturated carbocycles. The van der Waals surface area contributed by atoms with E-state index in [0.717, 1.165) is 0 Å². The second-order valence-electron chi connectivity index (χ2n) is 4.24. The molecule has 100 valence electrons. The SMILES string of the molecule is C[C@@H](O)c1ccc(OCc2ccccc2F)cc1F. The van der Waals surface area contributed by atoms with Gasteiger partial charge in [0, 0.05) is 17.2 Å². The molecular weight excluding hydrogens is 250 g/mol. The second-order valence-corrected chi connectivity index (χ2v) is 4.24. The molecule has 0 heterocycles. The van der Waals surface area contributed by atoms with Crippen LogP contribution < -0.4 is 4.74 Å². The molecule has 1 atom stereocenters. The summed E-state index contributed by atoms with van der Waals surface area (Å²) < 4.78 is 32.3. The average molecular weight is 264 g/mol. The van der Waals surface area contributed by atoms with Gasteiger partial charge < -0.3 is 9.84 Å². The Morgan fingerprint density at radius 2 is 1.84 bits per heavy atom. The molecule has 0 unspecified atom stereocenters. The van der Waals surface area contributed by atoms with Gasteiger partial charge in [-0.25, -0.2) is 8.78 Å². The molecule has 0 amide bonds. The van der Waals surface area contributed by atoms with Crippen molar-refractivity contribution in [3.8, 4) is 5.75 Å². The zero-order valence-corrected chi connectivity index (χ0v) is 10.4. The second kappa shape index (κ2) is 5.80. The summed E-state index contributed by atoms with van der Waals surface area (Å²) in [6, 6.07) is 10.4. The van der Waals surface area contributed by atoms with Crippen LogP contribution in [0, 0.1) is 11.6 Å². The number of benzene rings is 2. The van der Waals surface area contributed by atoms with Crippen molar-refractivity contribution in [3.05, 3.63) is 65.2 Å². The lowest BCUT2D eigenvalue weighted by Crippen LogP contribution is -2.00. The Balaban J connectivity index is 2.08. The van der Waals surface area contributed by atoms with Crippen LogP contribution in [0.25, 0.3) is 0 Å². The van der Waals surface area contributed by atoms with E-state index >= 15 is 0 Å². The molecular formula is C15H14F2O2. The molecule has 2 aromatic carbocycles. The van der Waals surface area contributed by atoms with E-state index in [4.69, 9.17) is 4.74 Å². The van der Waals surface area contributed by atoms with Gasteiger partial charge in [-0.05, 0) is 25.1 Å². The van der Waals surface area contributed by atoms with E-state index in [-0.39, 0.29) is 18.0 Å². The number of hydrogen-bond donors (Lipinski definition) is 1. The quantitative estimate of drug-likeness (QED) is 0.914. The van der Waals surface area contributed by atoms with Crippen LogP contribution in [0.3, 0.4) is 0 Å². The first-order valence-electron chi connectivity index (χ1n) is 5.91. The summed E-state index contributed by atoms with van der Waals surface area (Å²) in [7, 11) is 0. The zero-order valence-electron chi connectivity index (χ0n) is 10.4. The van der Waals surface area contributed by atoms with Crippen LogP contribution in [-0.2, 0) is 6.61 Å². The molecule has 1 N–H and O–H groups in total. The molecule has 2 nitrogen and oxygen atoms in total. The van der Waals surface area contributed by atoms with Gasteiger partial charge in [-0.2, -0.15) is 0 Å². The number of aliphatic hydroxyl groups excluding tert-OH is 1. The maximum atomic E-state index is 13.6. The third-order valence-electron chi connectivity index (χ3n) is 2.77. The van der Waals surface area contributed by atoms with Crippen molar-refractivity contribution in [1.82, 2.24) is 0 Å². The number of ether oxygens (including phenoxy) is 1. The van der Waals surface area contributed by atoms with E-state index in [0.29, 0.717) is 11.3 Å². The summed E-state index contributed by atoms with van der Waals surface area (Å²) in [5.74, 6) is -0.602. The van der Waals surface area contributed by atoms with E-state index in [1.54, 1.807) is 24.3 Å². The van der Waals surface area contributed by atoms with Crippen molar-refractivity contribution in [2.75, 3.05) is 0 Å². The van der Waals surface area contributed by atoms with Crippen LogP contribution in [0.15, 0.2) is 42.5 Å². The maximum Gasteiger partial charge on any atom is 0.132 e. The monoisotopic (exact) mass is 264 g/mol. The Bertz CT molecular complexity index is 568. The first kappa shape index (κ1) is 13.5. The topological polar surface area (TPSA) is 29.5 Å². The molecule has 0 aromatic heterocycles.